The van der Waals surface area contributed by atoms with Gasteiger partial charge in [-0.3, -0.25) is 14.8 Å². The van der Waals surface area contributed by atoms with Crippen LogP contribution in [0.5, 0.6) is 0 Å². The van der Waals surface area contributed by atoms with Gasteiger partial charge < -0.3 is 4.74 Å². The molecule has 21 heavy (non-hydrogen) atoms. The molecular weight excluding hydrogens is 262 g/mol. The van der Waals surface area contributed by atoms with Gasteiger partial charge in [0.1, 0.15) is 0 Å². The van der Waals surface area contributed by atoms with Crippen LogP contribution in [0.15, 0.2) is 23.9 Å². The molecule has 1 unspecified atom stereocenters. The molecular formula is C17H25N3O. The summed E-state index contributed by atoms with van der Waals surface area (Å²) >= 11 is 0. The molecule has 3 rings (SSSR count). The Bertz CT molecular complexity index is 507. The predicted octanol–water partition coefficient (Wildman–Crippen LogP) is 1.85. The van der Waals surface area contributed by atoms with Crippen molar-refractivity contribution in [2.45, 2.75) is 12.8 Å². The molecule has 2 aliphatic rings. The Hall–Kier alpha value is -1.23. The third-order valence-corrected chi connectivity index (χ3v) is 4.66. The molecule has 4 heteroatoms. The van der Waals surface area contributed by atoms with Crippen molar-refractivity contribution in [3.05, 3.63) is 35.2 Å². The normalized spacial score (nSPS) is 23.1. The predicted molar refractivity (Wildman–Crippen MR) is 85.4 cm³/mol. The van der Waals surface area contributed by atoms with Crippen molar-refractivity contribution in [3.8, 4) is 0 Å². The van der Waals surface area contributed by atoms with Crippen LogP contribution in [0.25, 0.3) is 6.08 Å². The van der Waals surface area contributed by atoms with Crippen molar-refractivity contribution in [2.24, 2.45) is 0 Å². The highest BCUT2D eigenvalue weighted by Gasteiger charge is 2.25. The van der Waals surface area contributed by atoms with Gasteiger partial charge >= 0.3 is 0 Å². The average Bonchev–Trinajstić information content (AvgIpc) is 2.83. The molecule has 1 aromatic rings. The van der Waals surface area contributed by atoms with Crippen molar-refractivity contribution >= 4 is 6.08 Å². The van der Waals surface area contributed by atoms with E-state index in [1.165, 1.54) is 16.8 Å². The maximum absolute atomic E-state index is 5.16. The van der Waals surface area contributed by atoms with Gasteiger partial charge in [-0.1, -0.05) is 19.1 Å². The van der Waals surface area contributed by atoms with E-state index in [1.807, 2.05) is 12.3 Å². The molecule has 0 spiro atoms. The minimum Gasteiger partial charge on any atom is -0.383 e. The van der Waals surface area contributed by atoms with Crippen molar-refractivity contribution in [2.75, 3.05) is 53.0 Å². The number of hydrogen-bond donors (Lipinski definition) is 0. The molecule has 4 nitrogen and oxygen atoms in total. The van der Waals surface area contributed by atoms with E-state index in [0.717, 1.165) is 45.9 Å². The zero-order valence-electron chi connectivity index (χ0n) is 13.1. The summed E-state index contributed by atoms with van der Waals surface area (Å²) in [4.78, 5) is 9.59. The monoisotopic (exact) mass is 287 g/mol. The Labute approximate surface area is 127 Å². The number of rotatable bonds is 5. The Balaban J connectivity index is 1.53. The smallest absolute Gasteiger partial charge is 0.0589 e. The lowest BCUT2D eigenvalue weighted by Crippen LogP contribution is -2.47. The van der Waals surface area contributed by atoms with Crippen LogP contribution < -0.4 is 0 Å². The zero-order valence-corrected chi connectivity index (χ0v) is 13.1. The third kappa shape index (κ3) is 3.34. The fourth-order valence-electron chi connectivity index (χ4n) is 3.25. The number of fused-ring (bicyclic) bond motifs is 1. The quantitative estimate of drug-likeness (QED) is 0.826. The maximum Gasteiger partial charge on any atom is 0.0589 e. The van der Waals surface area contributed by atoms with Crippen LogP contribution in [-0.4, -0.2) is 67.8 Å². The minimum atomic E-state index is 0.465. The van der Waals surface area contributed by atoms with Crippen molar-refractivity contribution in [1.82, 2.24) is 14.8 Å². The Kier molecular flexibility index (Phi) is 4.68. The molecule has 0 saturated carbocycles. The molecule has 1 saturated heterocycles. The molecule has 2 heterocycles. The fraction of sp³-hybridized carbons (Fsp3) is 0.588. The second-order valence-corrected chi connectivity index (χ2v) is 6.03. The lowest BCUT2D eigenvalue weighted by Gasteiger charge is -2.35. The van der Waals surface area contributed by atoms with E-state index in [9.17, 15) is 0 Å². The second kappa shape index (κ2) is 6.69. The number of hydrogen-bond acceptors (Lipinski definition) is 4. The first-order valence-electron chi connectivity index (χ1n) is 7.87. The highest BCUT2D eigenvalue weighted by molar-refractivity contribution is 5.64. The van der Waals surface area contributed by atoms with E-state index in [-0.39, 0.29) is 0 Å². The summed E-state index contributed by atoms with van der Waals surface area (Å²) in [5, 5.41) is 0. The number of methoxy groups -OCH3 is 1. The van der Waals surface area contributed by atoms with E-state index < -0.39 is 0 Å². The number of ether oxygens (including phenoxy) is 1. The molecule has 1 fully saturated rings. The summed E-state index contributed by atoms with van der Waals surface area (Å²) < 4.78 is 5.16. The standard InChI is InChI=1S/C17H25N3O/c1-14-16(12-15-4-3-5-18-17(14)15)13-20-8-6-19(7-9-20)10-11-21-2/h3-5,12,14H,6-11,13H2,1-2H3. The molecule has 0 N–H and O–H groups in total. The molecule has 1 aliphatic heterocycles. The van der Waals surface area contributed by atoms with Crippen molar-refractivity contribution in [3.63, 3.8) is 0 Å². The van der Waals surface area contributed by atoms with Crippen LogP contribution in [0.1, 0.15) is 24.1 Å². The van der Waals surface area contributed by atoms with Gasteiger partial charge in [0.2, 0.25) is 0 Å². The van der Waals surface area contributed by atoms with Crippen LogP contribution in [-0.2, 0) is 4.74 Å². The Morgan fingerprint density at radius 1 is 1.24 bits per heavy atom. The van der Waals surface area contributed by atoms with E-state index in [0.29, 0.717) is 5.92 Å². The largest absolute Gasteiger partial charge is 0.383 e. The van der Waals surface area contributed by atoms with E-state index in [4.69, 9.17) is 4.74 Å². The van der Waals surface area contributed by atoms with Crippen LogP contribution in [0.2, 0.25) is 0 Å². The molecule has 0 amide bonds. The van der Waals surface area contributed by atoms with Gasteiger partial charge in [-0.05, 0) is 17.2 Å². The first-order valence-corrected chi connectivity index (χ1v) is 7.87. The number of piperazine rings is 1. The minimum absolute atomic E-state index is 0.465. The van der Waals surface area contributed by atoms with Gasteiger partial charge in [0.05, 0.1) is 12.3 Å². The van der Waals surface area contributed by atoms with Gasteiger partial charge in [0.25, 0.3) is 0 Å². The molecule has 114 valence electrons. The average molecular weight is 287 g/mol. The highest BCUT2D eigenvalue weighted by atomic mass is 16.5. The van der Waals surface area contributed by atoms with Crippen LogP contribution in [0.3, 0.4) is 0 Å². The molecule has 0 bridgehead atoms. The lowest BCUT2D eigenvalue weighted by atomic mass is 10.0. The summed E-state index contributed by atoms with van der Waals surface area (Å²) in [5.74, 6) is 0.465. The summed E-state index contributed by atoms with van der Waals surface area (Å²) in [5.41, 5.74) is 4.05. The molecule has 1 aliphatic carbocycles. The summed E-state index contributed by atoms with van der Waals surface area (Å²) in [6.07, 6.45) is 4.24. The second-order valence-electron chi connectivity index (χ2n) is 6.03. The third-order valence-electron chi connectivity index (χ3n) is 4.66. The van der Waals surface area contributed by atoms with E-state index in [1.54, 1.807) is 7.11 Å². The van der Waals surface area contributed by atoms with E-state index in [2.05, 4.69) is 33.8 Å². The lowest BCUT2D eigenvalue weighted by molar-refractivity contribution is 0.101. The topological polar surface area (TPSA) is 28.6 Å². The van der Waals surface area contributed by atoms with Gasteiger partial charge in [-0.15, -0.1) is 0 Å². The first kappa shape index (κ1) is 14.7. The Morgan fingerprint density at radius 2 is 2.00 bits per heavy atom. The summed E-state index contributed by atoms with van der Waals surface area (Å²) in [7, 11) is 1.77. The summed E-state index contributed by atoms with van der Waals surface area (Å²) in [6.45, 7) is 9.85. The van der Waals surface area contributed by atoms with Gasteiger partial charge in [-0.25, -0.2) is 0 Å². The summed E-state index contributed by atoms with van der Waals surface area (Å²) in [6, 6.07) is 4.20. The van der Waals surface area contributed by atoms with Crippen LogP contribution in [0, 0.1) is 0 Å². The van der Waals surface area contributed by atoms with Crippen LogP contribution in [0.4, 0.5) is 0 Å². The molecule has 1 atom stereocenters. The van der Waals surface area contributed by atoms with Crippen LogP contribution >= 0.6 is 0 Å². The van der Waals surface area contributed by atoms with Gasteiger partial charge in [-0.2, -0.15) is 0 Å². The van der Waals surface area contributed by atoms with Crippen molar-refractivity contribution in [1.29, 1.82) is 0 Å². The van der Waals surface area contributed by atoms with Gasteiger partial charge in [0, 0.05) is 58.5 Å². The maximum atomic E-state index is 5.16. The number of nitrogens with zero attached hydrogens (tertiary/aromatic N) is 3. The Morgan fingerprint density at radius 3 is 2.71 bits per heavy atom. The van der Waals surface area contributed by atoms with Crippen molar-refractivity contribution < 1.29 is 4.74 Å². The molecule has 0 aromatic carbocycles. The van der Waals surface area contributed by atoms with E-state index >= 15 is 0 Å². The number of aromatic nitrogens is 1. The highest BCUT2D eigenvalue weighted by Crippen LogP contribution is 2.34. The molecule has 0 radical (unpaired) electrons. The SMILES string of the molecule is COCCN1CCN(CC2=Cc3cccnc3C2C)CC1. The fourth-order valence-corrected chi connectivity index (χ4v) is 3.25. The molecule has 1 aromatic heterocycles. The van der Waals surface area contributed by atoms with Gasteiger partial charge in [0.15, 0.2) is 0 Å². The first-order chi connectivity index (χ1) is 10.3. The number of pyridine rings is 1. The zero-order chi connectivity index (χ0) is 14.7.